The number of anilines is 1. The predicted octanol–water partition coefficient (Wildman–Crippen LogP) is 3.79. The van der Waals surface area contributed by atoms with Gasteiger partial charge in [-0.15, -0.1) is 0 Å². The molecule has 0 unspecified atom stereocenters. The van der Waals surface area contributed by atoms with Gasteiger partial charge in [-0.1, -0.05) is 13.0 Å². The maximum Gasteiger partial charge on any atom is 0.272 e. The van der Waals surface area contributed by atoms with Crippen molar-refractivity contribution in [2.75, 3.05) is 5.32 Å². The maximum atomic E-state index is 13.5. The second kappa shape index (κ2) is 6.13. The largest absolute Gasteiger partial charge is 0.354 e. The van der Waals surface area contributed by atoms with Crippen molar-refractivity contribution >= 4 is 17.4 Å². The summed E-state index contributed by atoms with van der Waals surface area (Å²) in [5.41, 5.74) is 3.17. The van der Waals surface area contributed by atoms with Crippen LogP contribution in [0.15, 0.2) is 18.2 Å². The molecule has 0 saturated heterocycles. The number of aryl methyl sites for hydroxylation is 2. The lowest BCUT2D eigenvalue weighted by Gasteiger charge is -2.07. The number of hydrogen-bond acceptors (Lipinski definition) is 2. The smallest absolute Gasteiger partial charge is 0.272 e. The Balaban J connectivity index is 2.35. The van der Waals surface area contributed by atoms with E-state index >= 15 is 0 Å². The molecule has 116 valence electrons. The standard InChI is InChI=1S/C17H19FN2O2/c1-5-13-15(11(4)21)10(3)19-16(13)17(22)20-12-7-6-9(2)14(18)8-12/h6-8,19H,5H2,1-4H3,(H,20,22). The maximum absolute atomic E-state index is 13.5. The summed E-state index contributed by atoms with van der Waals surface area (Å²) in [5.74, 6) is -0.831. The van der Waals surface area contributed by atoms with Crippen molar-refractivity contribution in [1.82, 2.24) is 4.98 Å². The summed E-state index contributed by atoms with van der Waals surface area (Å²) in [7, 11) is 0. The molecule has 1 aromatic carbocycles. The lowest BCUT2D eigenvalue weighted by atomic mass is 10.0. The third kappa shape index (κ3) is 2.93. The lowest BCUT2D eigenvalue weighted by molar-refractivity contribution is 0.101. The van der Waals surface area contributed by atoms with Crippen molar-refractivity contribution in [1.29, 1.82) is 0 Å². The molecule has 4 nitrogen and oxygen atoms in total. The van der Waals surface area contributed by atoms with Gasteiger partial charge in [0.05, 0.1) is 0 Å². The summed E-state index contributed by atoms with van der Waals surface area (Å²) in [6.45, 7) is 6.78. The van der Waals surface area contributed by atoms with Gasteiger partial charge in [-0.3, -0.25) is 9.59 Å². The van der Waals surface area contributed by atoms with E-state index in [2.05, 4.69) is 10.3 Å². The number of carbonyl (C=O) groups excluding carboxylic acids is 2. The van der Waals surface area contributed by atoms with E-state index < -0.39 is 0 Å². The van der Waals surface area contributed by atoms with Crippen molar-refractivity contribution in [2.24, 2.45) is 0 Å². The predicted molar refractivity (Wildman–Crippen MR) is 84.0 cm³/mol. The van der Waals surface area contributed by atoms with Crippen molar-refractivity contribution in [3.8, 4) is 0 Å². The normalized spacial score (nSPS) is 10.6. The summed E-state index contributed by atoms with van der Waals surface area (Å²) >= 11 is 0. The van der Waals surface area contributed by atoms with Crippen molar-refractivity contribution < 1.29 is 14.0 Å². The Hall–Kier alpha value is -2.43. The number of Topliss-reactive ketones (excluding diaryl/α,β-unsaturated/α-hetero) is 1. The number of carbonyl (C=O) groups is 2. The minimum Gasteiger partial charge on any atom is -0.354 e. The number of ketones is 1. The fourth-order valence-corrected chi connectivity index (χ4v) is 2.56. The molecule has 5 heteroatoms. The van der Waals surface area contributed by atoms with E-state index in [4.69, 9.17) is 0 Å². The number of hydrogen-bond donors (Lipinski definition) is 2. The van der Waals surface area contributed by atoms with E-state index in [0.29, 0.717) is 40.2 Å². The molecular formula is C17H19FN2O2. The Morgan fingerprint density at radius 1 is 1.27 bits per heavy atom. The van der Waals surface area contributed by atoms with Gasteiger partial charge in [0.15, 0.2) is 5.78 Å². The average molecular weight is 302 g/mol. The molecular weight excluding hydrogens is 283 g/mol. The zero-order valence-corrected chi connectivity index (χ0v) is 13.1. The van der Waals surface area contributed by atoms with Crippen molar-refractivity contribution in [2.45, 2.75) is 34.1 Å². The Bertz CT molecular complexity index is 747. The molecule has 1 aromatic heterocycles. The summed E-state index contributed by atoms with van der Waals surface area (Å²) in [6.07, 6.45) is 0.560. The number of H-pyrrole nitrogens is 1. The monoisotopic (exact) mass is 302 g/mol. The van der Waals surface area contributed by atoms with Crippen molar-refractivity contribution in [3.05, 3.63) is 52.1 Å². The first-order valence-electron chi connectivity index (χ1n) is 7.15. The van der Waals surface area contributed by atoms with Gasteiger partial charge >= 0.3 is 0 Å². The summed E-state index contributed by atoms with van der Waals surface area (Å²) in [5, 5.41) is 2.66. The highest BCUT2D eigenvalue weighted by Gasteiger charge is 2.21. The highest BCUT2D eigenvalue weighted by Crippen LogP contribution is 2.22. The van der Waals surface area contributed by atoms with Gasteiger partial charge in [-0.25, -0.2) is 4.39 Å². The third-order valence-electron chi connectivity index (χ3n) is 3.65. The highest BCUT2D eigenvalue weighted by atomic mass is 19.1. The van der Waals surface area contributed by atoms with Gasteiger partial charge in [-0.2, -0.15) is 0 Å². The number of benzene rings is 1. The summed E-state index contributed by atoms with van der Waals surface area (Å²) < 4.78 is 13.5. The molecule has 0 saturated carbocycles. The molecule has 0 aliphatic carbocycles. The lowest BCUT2D eigenvalue weighted by Crippen LogP contribution is -2.15. The van der Waals surface area contributed by atoms with Crippen LogP contribution in [0.1, 0.15) is 51.5 Å². The number of aromatic nitrogens is 1. The van der Waals surface area contributed by atoms with Crippen LogP contribution in [-0.2, 0) is 6.42 Å². The molecule has 2 rings (SSSR count). The minimum absolute atomic E-state index is 0.0777. The molecule has 1 amide bonds. The van der Waals surface area contributed by atoms with Gasteiger partial charge in [0, 0.05) is 16.9 Å². The zero-order chi connectivity index (χ0) is 16.4. The van der Waals surface area contributed by atoms with Crippen LogP contribution < -0.4 is 5.32 Å². The second-order valence-electron chi connectivity index (χ2n) is 5.31. The summed E-state index contributed by atoms with van der Waals surface area (Å²) in [4.78, 5) is 27.1. The molecule has 0 aliphatic heterocycles. The second-order valence-corrected chi connectivity index (χ2v) is 5.31. The fourth-order valence-electron chi connectivity index (χ4n) is 2.56. The zero-order valence-electron chi connectivity index (χ0n) is 13.1. The van der Waals surface area contributed by atoms with E-state index in [-0.39, 0.29) is 17.5 Å². The minimum atomic E-state index is -0.379. The molecule has 0 atom stereocenters. The summed E-state index contributed by atoms with van der Waals surface area (Å²) in [6, 6.07) is 4.52. The van der Waals surface area contributed by atoms with Crippen LogP contribution >= 0.6 is 0 Å². The number of halogens is 1. The first-order valence-corrected chi connectivity index (χ1v) is 7.15. The molecule has 0 radical (unpaired) electrons. The molecule has 0 spiro atoms. The SMILES string of the molecule is CCc1c(C(=O)Nc2ccc(C)c(F)c2)[nH]c(C)c1C(C)=O. The molecule has 22 heavy (non-hydrogen) atoms. The van der Waals surface area contributed by atoms with E-state index in [1.54, 1.807) is 26.0 Å². The third-order valence-corrected chi connectivity index (χ3v) is 3.65. The van der Waals surface area contributed by atoms with Crippen molar-refractivity contribution in [3.63, 3.8) is 0 Å². The van der Waals surface area contributed by atoms with Gasteiger partial charge in [-0.05, 0) is 50.5 Å². The molecule has 2 N–H and O–H groups in total. The van der Waals surface area contributed by atoms with Crippen LogP contribution in [0, 0.1) is 19.7 Å². The van der Waals surface area contributed by atoms with Crippen LogP contribution in [0.25, 0.3) is 0 Å². The van der Waals surface area contributed by atoms with Gasteiger partial charge in [0.25, 0.3) is 5.91 Å². The van der Waals surface area contributed by atoms with Crippen LogP contribution in [0.5, 0.6) is 0 Å². The Morgan fingerprint density at radius 2 is 1.95 bits per heavy atom. The van der Waals surface area contributed by atoms with Gasteiger partial charge in [0.1, 0.15) is 11.5 Å². The molecule has 0 bridgehead atoms. The van der Waals surface area contributed by atoms with E-state index in [0.717, 1.165) is 0 Å². The van der Waals surface area contributed by atoms with Crippen LogP contribution in [0.2, 0.25) is 0 Å². The Morgan fingerprint density at radius 3 is 2.50 bits per heavy atom. The van der Waals surface area contributed by atoms with E-state index in [1.165, 1.54) is 13.0 Å². The van der Waals surface area contributed by atoms with Crippen LogP contribution in [-0.4, -0.2) is 16.7 Å². The van der Waals surface area contributed by atoms with Crippen LogP contribution in [0.4, 0.5) is 10.1 Å². The Kier molecular flexibility index (Phi) is 4.45. The van der Waals surface area contributed by atoms with Gasteiger partial charge < -0.3 is 10.3 Å². The van der Waals surface area contributed by atoms with E-state index in [1.807, 2.05) is 6.92 Å². The number of rotatable bonds is 4. The average Bonchev–Trinajstić information content (AvgIpc) is 2.79. The van der Waals surface area contributed by atoms with Gasteiger partial charge in [0.2, 0.25) is 0 Å². The topological polar surface area (TPSA) is 62.0 Å². The fraction of sp³-hybridized carbons (Fsp3) is 0.294. The molecule has 0 aliphatic rings. The number of aromatic amines is 1. The quantitative estimate of drug-likeness (QED) is 0.844. The molecule has 2 aromatic rings. The first kappa shape index (κ1) is 15.9. The first-order chi connectivity index (χ1) is 10.3. The van der Waals surface area contributed by atoms with Crippen LogP contribution in [0.3, 0.4) is 0 Å². The molecule has 1 heterocycles. The highest BCUT2D eigenvalue weighted by molar-refractivity contribution is 6.07. The molecule has 0 fully saturated rings. The van der Waals surface area contributed by atoms with E-state index in [9.17, 15) is 14.0 Å². The Labute approximate surface area is 128 Å². The number of nitrogens with one attached hydrogen (secondary N) is 2. The number of amides is 1.